The van der Waals surface area contributed by atoms with E-state index in [-0.39, 0.29) is 17.7 Å². The van der Waals surface area contributed by atoms with E-state index in [2.05, 4.69) is 14.9 Å². The number of aliphatic carboxylic acids is 1. The number of carboxylic acids is 1. The lowest BCUT2D eigenvalue weighted by Gasteiger charge is -2.22. The summed E-state index contributed by atoms with van der Waals surface area (Å²) in [6.45, 7) is 0. The molecule has 0 heterocycles. The number of nitrogens with zero attached hydrogens (tertiary/aromatic N) is 3. The second-order valence-electron chi connectivity index (χ2n) is 7.38. The molecule has 2 rings (SSSR count). The maximum Gasteiger partial charge on any atom is 0.372 e. The van der Waals surface area contributed by atoms with Crippen molar-refractivity contribution >= 4 is 45.1 Å². The molecule has 0 fully saturated rings. The molecule has 0 radical (unpaired) electrons. The Morgan fingerprint density at radius 1 is 1.06 bits per heavy atom. The van der Waals surface area contributed by atoms with Gasteiger partial charge in [-0.2, -0.15) is 4.72 Å². The molecule has 4 N–H and O–H groups in total. The van der Waals surface area contributed by atoms with E-state index in [1.54, 1.807) is 24.2 Å². The third kappa shape index (κ3) is 7.42. The fraction of sp³-hybridized carbons (Fsp3) is 0.286. The van der Waals surface area contributed by atoms with Crippen molar-refractivity contribution in [1.82, 2.24) is 4.72 Å². The van der Waals surface area contributed by atoms with Gasteiger partial charge in [-0.25, -0.2) is 8.42 Å². The highest BCUT2D eigenvalue weighted by Gasteiger charge is 2.26. The molecule has 1 atom stereocenters. The summed E-state index contributed by atoms with van der Waals surface area (Å²) in [5.74, 6) is -1.97. The van der Waals surface area contributed by atoms with E-state index in [1.807, 2.05) is 43.3 Å². The van der Waals surface area contributed by atoms with Crippen molar-refractivity contribution in [2.45, 2.75) is 23.8 Å². The fourth-order valence-electron chi connectivity index (χ4n) is 2.85. The summed E-state index contributed by atoms with van der Waals surface area (Å²) in [6, 6.07) is 12.2. The lowest BCUT2D eigenvalue weighted by molar-refractivity contribution is -0.139. The maximum absolute atomic E-state index is 12.6. The van der Waals surface area contributed by atoms with Crippen LogP contribution in [0.15, 0.2) is 53.4 Å². The maximum atomic E-state index is 12.6. The Hall–Kier alpha value is -3.73. The number of sulfonamides is 1. The van der Waals surface area contributed by atoms with Crippen LogP contribution >= 0.6 is 0 Å². The molecule has 0 aliphatic heterocycles. The number of Topliss-reactive ketones (excluding diaryl/α,β-unsaturated/α-hetero) is 1. The first kappa shape index (κ1) is 25.5. The topological polar surface area (TPSA) is 157 Å². The van der Waals surface area contributed by atoms with Crippen LogP contribution in [0.3, 0.4) is 0 Å². The molecular formula is C21H27N6O5S+. The van der Waals surface area contributed by atoms with Gasteiger partial charge in [-0.05, 0) is 55.0 Å². The largest absolute Gasteiger partial charge is 0.480 e. The molecule has 33 heavy (non-hydrogen) atoms. The summed E-state index contributed by atoms with van der Waals surface area (Å²) < 4.78 is 27.4. The first-order valence-corrected chi connectivity index (χ1v) is 11.4. The summed E-state index contributed by atoms with van der Waals surface area (Å²) in [5, 5.41) is 11.0. The van der Waals surface area contributed by atoms with Crippen LogP contribution in [0.4, 0.5) is 17.1 Å². The normalized spacial score (nSPS) is 11.7. The number of nitrogens with one attached hydrogen (secondary N) is 3. The van der Waals surface area contributed by atoms with Gasteiger partial charge in [0.05, 0.1) is 26.6 Å². The van der Waals surface area contributed by atoms with E-state index in [9.17, 15) is 23.1 Å². The number of anilines is 3. The minimum absolute atomic E-state index is 0.111. The van der Waals surface area contributed by atoms with Crippen molar-refractivity contribution < 1.29 is 27.9 Å². The third-order valence-corrected chi connectivity index (χ3v) is 6.19. The van der Waals surface area contributed by atoms with Crippen molar-refractivity contribution in [3.05, 3.63) is 48.5 Å². The van der Waals surface area contributed by atoms with Crippen molar-refractivity contribution in [2.75, 3.05) is 36.5 Å². The van der Waals surface area contributed by atoms with Gasteiger partial charge in [0, 0.05) is 33.3 Å². The standard InChI is InChI=1S/C21H26N6O5S/c1-26(2)16-6-4-15(5-7-16)24-27(3)17-8-11-19(12-9-17)33(31,32)25-20(21(29)30)13-10-18(28)14-23-22/h4-9,11-12,14,20,22,24-25H,10,13H2,1-3H3/p+1. The second-order valence-corrected chi connectivity index (χ2v) is 9.10. The number of ketones is 1. The number of benzene rings is 2. The predicted molar refractivity (Wildman–Crippen MR) is 124 cm³/mol. The summed E-state index contributed by atoms with van der Waals surface area (Å²) in [4.78, 5) is 27.6. The Morgan fingerprint density at radius 2 is 1.64 bits per heavy atom. The monoisotopic (exact) mass is 475 g/mol. The van der Waals surface area contributed by atoms with Gasteiger partial charge in [0.25, 0.3) is 0 Å². The average Bonchev–Trinajstić information content (AvgIpc) is 2.77. The van der Waals surface area contributed by atoms with E-state index in [0.29, 0.717) is 5.69 Å². The minimum Gasteiger partial charge on any atom is -0.480 e. The molecule has 176 valence electrons. The van der Waals surface area contributed by atoms with Gasteiger partial charge in [-0.1, -0.05) is 0 Å². The highest BCUT2D eigenvalue weighted by atomic mass is 32.2. The average molecular weight is 476 g/mol. The minimum atomic E-state index is -4.14. The molecule has 0 aromatic heterocycles. The zero-order valence-corrected chi connectivity index (χ0v) is 19.3. The summed E-state index contributed by atoms with van der Waals surface area (Å²) in [5.41, 5.74) is 12.4. The third-order valence-electron chi connectivity index (χ3n) is 4.70. The number of carboxylic acid groups (broad SMARTS) is 1. The molecule has 0 saturated carbocycles. The Bertz CT molecular complexity index is 1130. The van der Waals surface area contributed by atoms with Crippen molar-refractivity contribution in [1.29, 1.82) is 5.53 Å². The second kappa shape index (κ2) is 11.2. The van der Waals surface area contributed by atoms with Crippen LogP contribution in [0.2, 0.25) is 0 Å². The summed E-state index contributed by atoms with van der Waals surface area (Å²) in [6.07, 6.45) is 0.219. The zero-order chi connectivity index (χ0) is 24.6. The number of hydrazine groups is 1. The van der Waals surface area contributed by atoms with E-state index in [0.717, 1.165) is 17.6 Å². The molecule has 0 aliphatic rings. The van der Waals surface area contributed by atoms with Crippen LogP contribution in [0.5, 0.6) is 0 Å². The summed E-state index contributed by atoms with van der Waals surface area (Å²) in [7, 11) is 1.54. The molecule has 0 amide bonds. The number of hydrogen-bond acceptors (Lipinski definition) is 8. The van der Waals surface area contributed by atoms with Crippen LogP contribution in [0.1, 0.15) is 12.8 Å². The van der Waals surface area contributed by atoms with E-state index >= 15 is 0 Å². The number of carbonyl (C=O) groups excluding carboxylic acids is 1. The molecule has 11 nitrogen and oxygen atoms in total. The molecule has 2 aromatic rings. The Labute approximate surface area is 192 Å². The molecule has 0 bridgehead atoms. The highest BCUT2D eigenvalue weighted by Crippen LogP contribution is 2.20. The molecule has 0 spiro atoms. The Morgan fingerprint density at radius 3 is 2.15 bits per heavy atom. The first-order chi connectivity index (χ1) is 15.5. The van der Waals surface area contributed by atoms with Gasteiger partial charge in [-0.3, -0.25) is 20.0 Å². The fourth-order valence-corrected chi connectivity index (χ4v) is 4.08. The quantitative estimate of drug-likeness (QED) is 0.156. The van der Waals surface area contributed by atoms with Gasteiger partial charge in [0.2, 0.25) is 15.8 Å². The smallest absolute Gasteiger partial charge is 0.372 e. The molecular weight excluding hydrogens is 448 g/mol. The van der Waals surface area contributed by atoms with E-state index in [4.69, 9.17) is 5.53 Å². The van der Waals surface area contributed by atoms with E-state index < -0.39 is 27.8 Å². The lowest BCUT2D eigenvalue weighted by atomic mass is 10.1. The Kier molecular flexibility index (Phi) is 8.69. The summed E-state index contributed by atoms with van der Waals surface area (Å²) >= 11 is 0. The zero-order valence-electron chi connectivity index (χ0n) is 18.5. The Balaban J connectivity index is 2.07. The van der Waals surface area contributed by atoms with Crippen molar-refractivity contribution in [3.63, 3.8) is 0 Å². The van der Waals surface area contributed by atoms with Crippen LogP contribution in [0.25, 0.3) is 0 Å². The number of carbonyl (C=O) groups is 2. The van der Waals surface area contributed by atoms with E-state index in [1.165, 1.54) is 12.1 Å². The first-order valence-electron chi connectivity index (χ1n) is 9.89. The van der Waals surface area contributed by atoms with Gasteiger partial charge in [0.1, 0.15) is 6.04 Å². The molecule has 0 saturated heterocycles. The van der Waals surface area contributed by atoms with Gasteiger partial charge in [0.15, 0.2) is 0 Å². The highest BCUT2D eigenvalue weighted by molar-refractivity contribution is 7.89. The predicted octanol–water partition coefficient (Wildman–Crippen LogP) is 1.61. The number of rotatable bonds is 12. The number of hydrogen-bond donors (Lipinski definition) is 4. The van der Waals surface area contributed by atoms with Crippen LogP contribution < -0.4 is 20.1 Å². The lowest BCUT2D eigenvalue weighted by Crippen LogP contribution is -2.41. The van der Waals surface area contributed by atoms with Gasteiger partial charge in [-0.15, -0.1) is 0 Å². The SMILES string of the molecule is CN(C)c1ccc(NN(C)c2ccc(S(=O)(=O)NC(CCC(=O)C=[N+]=N)C(=O)O)cc2)cc1. The van der Waals surface area contributed by atoms with Gasteiger partial charge < -0.3 is 10.0 Å². The van der Waals surface area contributed by atoms with Crippen LogP contribution in [-0.4, -0.2) is 63.5 Å². The molecule has 2 aromatic carbocycles. The van der Waals surface area contributed by atoms with Gasteiger partial charge >= 0.3 is 12.2 Å². The van der Waals surface area contributed by atoms with Crippen LogP contribution in [0, 0.1) is 5.53 Å². The molecule has 0 aliphatic carbocycles. The van der Waals surface area contributed by atoms with Crippen LogP contribution in [-0.2, 0) is 19.6 Å². The molecule has 12 heteroatoms. The molecule has 1 unspecified atom stereocenters. The van der Waals surface area contributed by atoms with Crippen molar-refractivity contribution in [3.8, 4) is 0 Å². The van der Waals surface area contributed by atoms with Crippen molar-refractivity contribution in [2.24, 2.45) is 0 Å².